The van der Waals surface area contributed by atoms with Crippen molar-refractivity contribution in [2.45, 2.75) is 6.54 Å². The Bertz CT molecular complexity index is 697. The Morgan fingerprint density at radius 3 is 2.39 bits per heavy atom. The van der Waals surface area contributed by atoms with E-state index in [0.717, 1.165) is 5.56 Å². The lowest BCUT2D eigenvalue weighted by Gasteiger charge is -2.34. The summed E-state index contributed by atoms with van der Waals surface area (Å²) in [7, 11) is 0. The highest BCUT2D eigenvalue weighted by Crippen LogP contribution is 2.14. The van der Waals surface area contributed by atoms with E-state index in [4.69, 9.17) is 0 Å². The molecule has 0 saturated carbocycles. The van der Waals surface area contributed by atoms with Crippen LogP contribution in [0.2, 0.25) is 0 Å². The van der Waals surface area contributed by atoms with E-state index in [1.165, 1.54) is 24.3 Å². The number of nitrogens with zero attached hydrogens (tertiary/aromatic N) is 2. The fourth-order valence-electron chi connectivity index (χ4n) is 2.81. The number of benzene rings is 2. The average Bonchev–Trinajstić information content (AvgIpc) is 2.55. The summed E-state index contributed by atoms with van der Waals surface area (Å²) in [6.07, 6.45) is 0. The second-order valence-electron chi connectivity index (χ2n) is 5.68. The van der Waals surface area contributed by atoms with Crippen LogP contribution in [-0.4, -0.2) is 41.9 Å². The molecule has 1 saturated heterocycles. The third-order valence-corrected chi connectivity index (χ3v) is 4.06. The standard InChI is InChI=1S/C18H18F2N2O/c19-15-5-3-4-14(12-15)13-21-8-10-22(11-9-21)18(23)16-6-1-2-7-17(16)20/h1-7,12H,8-11,13H2. The van der Waals surface area contributed by atoms with Crippen LogP contribution in [0.5, 0.6) is 0 Å². The number of rotatable bonds is 3. The van der Waals surface area contributed by atoms with Gasteiger partial charge in [-0.1, -0.05) is 24.3 Å². The van der Waals surface area contributed by atoms with Crippen LogP contribution in [0.1, 0.15) is 15.9 Å². The van der Waals surface area contributed by atoms with Crippen molar-refractivity contribution in [1.82, 2.24) is 9.80 Å². The Morgan fingerprint density at radius 1 is 0.957 bits per heavy atom. The Morgan fingerprint density at radius 2 is 1.70 bits per heavy atom. The van der Waals surface area contributed by atoms with E-state index in [2.05, 4.69) is 4.90 Å². The molecule has 3 rings (SSSR count). The summed E-state index contributed by atoms with van der Waals surface area (Å²) in [6.45, 7) is 3.12. The fraction of sp³-hybridized carbons (Fsp3) is 0.278. The predicted molar refractivity (Wildman–Crippen MR) is 84.0 cm³/mol. The number of hydrogen-bond donors (Lipinski definition) is 0. The van der Waals surface area contributed by atoms with Crippen LogP contribution in [0, 0.1) is 11.6 Å². The van der Waals surface area contributed by atoms with Crippen LogP contribution >= 0.6 is 0 Å². The Balaban J connectivity index is 1.58. The van der Waals surface area contributed by atoms with E-state index >= 15 is 0 Å². The lowest BCUT2D eigenvalue weighted by molar-refractivity contribution is 0.0624. The molecule has 0 radical (unpaired) electrons. The molecule has 1 heterocycles. The number of carbonyl (C=O) groups is 1. The normalized spacial score (nSPS) is 15.7. The molecular weight excluding hydrogens is 298 g/mol. The van der Waals surface area contributed by atoms with E-state index in [1.54, 1.807) is 23.1 Å². The fourth-order valence-corrected chi connectivity index (χ4v) is 2.81. The van der Waals surface area contributed by atoms with Crippen LogP contribution in [0.4, 0.5) is 8.78 Å². The lowest BCUT2D eigenvalue weighted by atomic mass is 10.1. The molecule has 1 aliphatic heterocycles. The Labute approximate surface area is 134 Å². The molecule has 2 aromatic rings. The van der Waals surface area contributed by atoms with Gasteiger partial charge in [0.2, 0.25) is 0 Å². The van der Waals surface area contributed by atoms with Crippen molar-refractivity contribution in [3.8, 4) is 0 Å². The number of piperazine rings is 1. The topological polar surface area (TPSA) is 23.6 Å². The minimum atomic E-state index is -0.486. The first-order valence-corrected chi connectivity index (χ1v) is 7.64. The summed E-state index contributed by atoms with van der Waals surface area (Å²) >= 11 is 0. The van der Waals surface area contributed by atoms with Crippen LogP contribution in [-0.2, 0) is 6.54 Å². The molecule has 0 aromatic heterocycles. The van der Waals surface area contributed by atoms with Crippen molar-refractivity contribution in [3.63, 3.8) is 0 Å². The van der Waals surface area contributed by atoms with Gasteiger partial charge in [0.1, 0.15) is 11.6 Å². The van der Waals surface area contributed by atoms with E-state index in [9.17, 15) is 13.6 Å². The van der Waals surface area contributed by atoms with Crippen LogP contribution in [0.15, 0.2) is 48.5 Å². The number of amides is 1. The minimum absolute atomic E-state index is 0.117. The first-order chi connectivity index (χ1) is 11.1. The van der Waals surface area contributed by atoms with Gasteiger partial charge < -0.3 is 4.90 Å². The van der Waals surface area contributed by atoms with Crippen molar-refractivity contribution in [2.75, 3.05) is 26.2 Å². The molecular formula is C18H18F2N2O. The molecule has 1 aliphatic rings. The molecule has 5 heteroatoms. The maximum Gasteiger partial charge on any atom is 0.256 e. The van der Waals surface area contributed by atoms with Gasteiger partial charge in [0, 0.05) is 32.7 Å². The van der Waals surface area contributed by atoms with E-state index < -0.39 is 5.82 Å². The molecule has 120 valence electrons. The van der Waals surface area contributed by atoms with Crippen LogP contribution in [0.25, 0.3) is 0 Å². The Hall–Kier alpha value is -2.27. The molecule has 0 N–H and O–H groups in total. The van der Waals surface area contributed by atoms with Gasteiger partial charge in [0.05, 0.1) is 5.56 Å². The van der Waals surface area contributed by atoms with Crippen molar-refractivity contribution >= 4 is 5.91 Å². The smallest absolute Gasteiger partial charge is 0.256 e. The number of carbonyl (C=O) groups excluding carboxylic acids is 1. The second-order valence-corrected chi connectivity index (χ2v) is 5.68. The molecule has 0 spiro atoms. The van der Waals surface area contributed by atoms with Gasteiger partial charge in [0.15, 0.2) is 0 Å². The molecule has 23 heavy (non-hydrogen) atoms. The molecule has 0 aliphatic carbocycles. The lowest BCUT2D eigenvalue weighted by Crippen LogP contribution is -2.48. The zero-order chi connectivity index (χ0) is 16.2. The van der Waals surface area contributed by atoms with E-state index in [-0.39, 0.29) is 17.3 Å². The van der Waals surface area contributed by atoms with Gasteiger partial charge >= 0.3 is 0 Å². The average molecular weight is 316 g/mol. The van der Waals surface area contributed by atoms with Gasteiger partial charge in [-0.3, -0.25) is 9.69 Å². The molecule has 0 atom stereocenters. The van der Waals surface area contributed by atoms with Gasteiger partial charge in [-0.2, -0.15) is 0 Å². The number of hydrogen-bond acceptors (Lipinski definition) is 2. The van der Waals surface area contributed by atoms with E-state index in [0.29, 0.717) is 32.7 Å². The summed E-state index contributed by atoms with van der Waals surface area (Å²) in [6, 6.07) is 12.6. The SMILES string of the molecule is O=C(c1ccccc1F)N1CCN(Cc2cccc(F)c2)CC1. The highest BCUT2D eigenvalue weighted by atomic mass is 19.1. The summed E-state index contributed by atoms with van der Waals surface area (Å²) in [5.41, 5.74) is 1.03. The maximum absolute atomic E-state index is 13.7. The predicted octanol–water partition coefficient (Wildman–Crippen LogP) is 2.92. The zero-order valence-electron chi connectivity index (χ0n) is 12.7. The minimum Gasteiger partial charge on any atom is -0.336 e. The zero-order valence-corrected chi connectivity index (χ0v) is 12.7. The monoisotopic (exact) mass is 316 g/mol. The van der Waals surface area contributed by atoms with Crippen molar-refractivity contribution in [1.29, 1.82) is 0 Å². The molecule has 0 unspecified atom stereocenters. The summed E-state index contributed by atoms with van der Waals surface area (Å²) < 4.78 is 26.9. The van der Waals surface area contributed by atoms with Gasteiger partial charge in [-0.15, -0.1) is 0 Å². The van der Waals surface area contributed by atoms with Crippen LogP contribution < -0.4 is 0 Å². The van der Waals surface area contributed by atoms with Gasteiger partial charge in [-0.25, -0.2) is 8.78 Å². The van der Waals surface area contributed by atoms with Crippen LogP contribution in [0.3, 0.4) is 0 Å². The third-order valence-electron chi connectivity index (χ3n) is 4.06. The quantitative estimate of drug-likeness (QED) is 0.869. The third kappa shape index (κ3) is 3.74. The molecule has 0 bridgehead atoms. The maximum atomic E-state index is 13.7. The summed E-state index contributed by atoms with van der Waals surface area (Å²) in [5, 5.41) is 0. The molecule has 2 aromatic carbocycles. The van der Waals surface area contributed by atoms with Crippen molar-refractivity contribution in [3.05, 3.63) is 71.3 Å². The van der Waals surface area contributed by atoms with Gasteiger partial charge in [-0.05, 0) is 29.8 Å². The highest BCUT2D eigenvalue weighted by molar-refractivity contribution is 5.94. The van der Waals surface area contributed by atoms with Gasteiger partial charge in [0.25, 0.3) is 5.91 Å². The largest absolute Gasteiger partial charge is 0.336 e. The summed E-state index contributed by atoms with van der Waals surface area (Å²) in [4.78, 5) is 16.2. The summed E-state index contributed by atoms with van der Waals surface area (Å²) in [5.74, 6) is -0.996. The number of halogens is 2. The highest BCUT2D eigenvalue weighted by Gasteiger charge is 2.23. The molecule has 1 fully saturated rings. The Kier molecular flexibility index (Phi) is 4.67. The first-order valence-electron chi connectivity index (χ1n) is 7.64. The van der Waals surface area contributed by atoms with E-state index in [1.807, 2.05) is 6.07 Å². The second kappa shape index (κ2) is 6.87. The first kappa shape index (κ1) is 15.6. The molecule has 1 amide bonds. The molecule has 3 nitrogen and oxygen atoms in total. The van der Waals surface area contributed by atoms with Crippen molar-refractivity contribution in [2.24, 2.45) is 0 Å². The van der Waals surface area contributed by atoms with Crippen molar-refractivity contribution < 1.29 is 13.6 Å².